The van der Waals surface area contributed by atoms with Gasteiger partial charge in [0, 0.05) is 30.6 Å². The average Bonchev–Trinajstić information content (AvgIpc) is 3.10. The minimum atomic E-state index is -4.63. The molecule has 0 aliphatic rings. The molecule has 0 amide bonds. The van der Waals surface area contributed by atoms with E-state index in [1.807, 2.05) is 0 Å². The Balaban J connectivity index is 1.94. The second-order valence-corrected chi connectivity index (χ2v) is 9.96. The molecule has 0 atom stereocenters. The number of hydrogen-bond donors (Lipinski definition) is 0. The molecule has 12 heteroatoms. The number of pyridine rings is 3. The molecule has 0 saturated heterocycles. The van der Waals surface area contributed by atoms with E-state index in [9.17, 15) is 21.6 Å². The maximum Gasteiger partial charge on any atom is 0.433 e. The van der Waals surface area contributed by atoms with Crippen molar-refractivity contribution in [2.75, 3.05) is 5.75 Å². The van der Waals surface area contributed by atoms with Gasteiger partial charge in [0.2, 0.25) is 0 Å². The maximum atomic E-state index is 13.1. The van der Waals surface area contributed by atoms with Crippen LogP contribution in [0.1, 0.15) is 18.2 Å². The third kappa shape index (κ3) is 4.18. The Morgan fingerprint density at radius 1 is 1.03 bits per heavy atom. The van der Waals surface area contributed by atoms with Gasteiger partial charge in [-0.15, -0.1) is 0 Å². The quantitative estimate of drug-likeness (QED) is 0.375. The summed E-state index contributed by atoms with van der Waals surface area (Å²) in [6.45, 7) is 3.27. The van der Waals surface area contributed by atoms with E-state index in [1.165, 1.54) is 30.0 Å². The van der Waals surface area contributed by atoms with Crippen molar-refractivity contribution in [3.05, 3.63) is 53.2 Å². The van der Waals surface area contributed by atoms with E-state index < -0.39 is 21.7 Å². The van der Waals surface area contributed by atoms with Gasteiger partial charge in [-0.05, 0) is 30.7 Å². The highest BCUT2D eigenvalue weighted by Crippen LogP contribution is 2.34. The van der Waals surface area contributed by atoms with E-state index in [2.05, 4.69) is 19.9 Å². The van der Waals surface area contributed by atoms with Crippen LogP contribution in [0.25, 0.3) is 33.7 Å². The Morgan fingerprint density at radius 2 is 1.70 bits per heavy atom. The number of rotatable bonds is 4. The SMILES string of the molecule is CCS(=O)(=O)c1cc(-c2cnc(Cl)c(C)c2)cnc1-c1nc2cc(C(F)(F)F)ncc2n1C. The van der Waals surface area contributed by atoms with Crippen molar-refractivity contribution in [1.29, 1.82) is 0 Å². The Morgan fingerprint density at radius 3 is 2.33 bits per heavy atom. The summed E-state index contributed by atoms with van der Waals surface area (Å²) in [6.07, 6.45) is -0.604. The summed E-state index contributed by atoms with van der Waals surface area (Å²) < 4.78 is 66.5. The predicted octanol–water partition coefficient (Wildman–Crippen LogP) is 4.87. The largest absolute Gasteiger partial charge is 0.433 e. The molecule has 4 aromatic rings. The first-order chi connectivity index (χ1) is 15.4. The molecule has 0 bridgehead atoms. The van der Waals surface area contributed by atoms with E-state index in [4.69, 9.17) is 11.6 Å². The summed E-state index contributed by atoms with van der Waals surface area (Å²) in [5, 5.41) is 0.330. The van der Waals surface area contributed by atoms with Gasteiger partial charge in [-0.2, -0.15) is 13.2 Å². The molecule has 4 aromatic heterocycles. The normalized spacial score (nSPS) is 12.5. The van der Waals surface area contributed by atoms with Crippen LogP contribution in [0.4, 0.5) is 13.2 Å². The van der Waals surface area contributed by atoms with Gasteiger partial charge >= 0.3 is 6.18 Å². The third-order valence-electron chi connectivity index (χ3n) is 5.18. The Hall–Kier alpha value is -3.05. The van der Waals surface area contributed by atoms with Gasteiger partial charge in [-0.1, -0.05) is 18.5 Å². The molecular weight excluding hydrogens is 479 g/mol. The van der Waals surface area contributed by atoms with Crippen LogP contribution in [0.2, 0.25) is 5.15 Å². The zero-order valence-corrected chi connectivity index (χ0v) is 19.2. The summed E-state index contributed by atoms with van der Waals surface area (Å²) in [6, 6.07) is 4.04. The Bertz CT molecular complexity index is 1500. The monoisotopic (exact) mass is 495 g/mol. The summed E-state index contributed by atoms with van der Waals surface area (Å²) >= 11 is 5.99. The van der Waals surface area contributed by atoms with E-state index in [1.54, 1.807) is 20.0 Å². The van der Waals surface area contributed by atoms with Crippen LogP contribution in [0.3, 0.4) is 0 Å². The molecule has 0 spiro atoms. The van der Waals surface area contributed by atoms with Gasteiger partial charge in [0.1, 0.15) is 16.5 Å². The van der Waals surface area contributed by atoms with E-state index in [0.717, 1.165) is 12.3 Å². The van der Waals surface area contributed by atoms with Crippen molar-refractivity contribution in [3.63, 3.8) is 0 Å². The standard InChI is InChI=1S/C21H17ClF3N5O2S/c1-4-33(31,32)16-6-13(12-5-11(2)19(22)28-9-12)8-27-18(16)20-29-14-7-17(21(23,24)25)26-10-15(14)30(20)3/h5-10H,4H2,1-3H3. The van der Waals surface area contributed by atoms with Gasteiger partial charge in [0.25, 0.3) is 0 Å². The van der Waals surface area contributed by atoms with Crippen molar-refractivity contribution in [2.24, 2.45) is 7.05 Å². The zero-order chi connectivity index (χ0) is 24.1. The lowest BCUT2D eigenvalue weighted by Gasteiger charge is -2.11. The highest BCUT2D eigenvalue weighted by atomic mass is 35.5. The number of halogens is 4. The molecule has 4 rings (SSSR count). The first kappa shape index (κ1) is 23.1. The van der Waals surface area contributed by atoms with Crippen molar-refractivity contribution in [3.8, 4) is 22.6 Å². The lowest BCUT2D eigenvalue weighted by atomic mass is 10.1. The highest BCUT2D eigenvalue weighted by Gasteiger charge is 2.33. The smallest absolute Gasteiger partial charge is 0.324 e. The minimum absolute atomic E-state index is 0.0260. The van der Waals surface area contributed by atoms with Gasteiger partial charge in [-0.25, -0.2) is 23.4 Å². The summed E-state index contributed by atoms with van der Waals surface area (Å²) in [4.78, 5) is 16.1. The van der Waals surface area contributed by atoms with Crippen molar-refractivity contribution in [1.82, 2.24) is 24.5 Å². The fourth-order valence-electron chi connectivity index (χ4n) is 3.33. The Kier molecular flexibility index (Phi) is 5.65. The molecule has 0 aliphatic carbocycles. The van der Waals surface area contributed by atoms with Crippen LogP contribution in [0.15, 0.2) is 41.7 Å². The molecule has 172 valence electrons. The van der Waals surface area contributed by atoms with Gasteiger partial charge in [0.15, 0.2) is 15.7 Å². The third-order valence-corrected chi connectivity index (χ3v) is 7.32. The van der Waals surface area contributed by atoms with Crippen LogP contribution < -0.4 is 0 Å². The van der Waals surface area contributed by atoms with Crippen molar-refractivity contribution < 1.29 is 21.6 Å². The molecule has 0 unspecified atom stereocenters. The second kappa shape index (κ2) is 8.07. The fourth-order valence-corrected chi connectivity index (χ4v) is 4.49. The minimum Gasteiger partial charge on any atom is -0.324 e. The highest BCUT2D eigenvalue weighted by molar-refractivity contribution is 7.91. The average molecular weight is 496 g/mol. The molecule has 33 heavy (non-hydrogen) atoms. The first-order valence-corrected chi connectivity index (χ1v) is 11.7. The zero-order valence-electron chi connectivity index (χ0n) is 17.6. The van der Waals surface area contributed by atoms with E-state index in [0.29, 0.717) is 27.4 Å². The predicted molar refractivity (Wildman–Crippen MR) is 117 cm³/mol. The summed E-state index contributed by atoms with van der Waals surface area (Å²) in [7, 11) is -2.21. The van der Waals surface area contributed by atoms with Crippen LogP contribution in [-0.4, -0.2) is 38.7 Å². The maximum absolute atomic E-state index is 13.1. The van der Waals surface area contributed by atoms with Crippen LogP contribution in [0, 0.1) is 6.92 Å². The van der Waals surface area contributed by atoms with Gasteiger partial charge in [0.05, 0.1) is 27.9 Å². The van der Waals surface area contributed by atoms with Gasteiger partial charge < -0.3 is 4.57 Å². The van der Waals surface area contributed by atoms with E-state index in [-0.39, 0.29) is 27.7 Å². The number of aromatic nitrogens is 5. The molecular formula is C21H17ClF3N5O2S. The number of hydrogen-bond acceptors (Lipinski definition) is 6. The lowest BCUT2D eigenvalue weighted by molar-refractivity contribution is -0.141. The molecule has 0 N–H and O–H groups in total. The molecule has 0 radical (unpaired) electrons. The van der Waals surface area contributed by atoms with E-state index >= 15 is 0 Å². The van der Waals surface area contributed by atoms with Crippen molar-refractivity contribution >= 4 is 32.5 Å². The van der Waals surface area contributed by atoms with Crippen LogP contribution in [-0.2, 0) is 23.1 Å². The number of alkyl halides is 3. The molecule has 0 aromatic carbocycles. The summed E-state index contributed by atoms with van der Waals surface area (Å²) in [5.41, 5.74) is 1.10. The van der Waals surface area contributed by atoms with Crippen LogP contribution >= 0.6 is 11.6 Å². The second-order valence-electron chi connectivity index (χ2n) is 7.36. The number of nitrogens with zero attached hydrogens (tertiary/aromatic N) is 5. The van der Waals surface area contributed by atoms with Crippen molar-refractivity contribution in [2.45, 2.75) is 24.9 Å². The van der Waals surface area contributed by atoms with Gasteiger partial charge in [-0.3, -0.25) is 4.98 Å². The molecule has 0 fully saturated rings. The number of aryl methyl sites for hydroxylation is 2. The Labute approximate surface area is 192 Å². The molecule has 0 aliphatic heterocycles. The molecule has 7 nitrogen and oxygen atoms in total. The molecule has 4 heterocycles. The molecule has 0 saturated carbocycles. The number of imidazole rings is 1. The lowest BCUT2D eigenvalue weighted by Crippen LogP contribution is -2.09. The fraction of sp³-hybridized carbons (Fsp3) is 0.238. The topological polar surface area (TPSA) is 90.6 Å². The number of sulfone groups is 1. The van der Waals surface area contributed by atoms with Crippen LogP contribution in [0.5, 0.6) is 0 Å². The first-order valence-electron chi connectivity index (χ1n) is 9.67. The number of fused-ring (bicyclic) bond motifs is 1. The summed E-state index contributed by atoms with van der Waals surface area (Å²) in [5.74, 6) is -0.0951.